The van der Waals surface area contributed by atoms with E-state index in [4.69, 9.17) is 15.2 Å². The Labute approximate surface area is 144 Å². The maximum Gasteiger partial charge on any atom is 0.413 e. The molecule has 1 aromatic carbocycles. The second kappa shape index (κ2) is 6.78. The molecule has 6 nitrogen and oxygen atoms in total. The summed E-state index contributed by atoms with van der Waals surface area (Å²) in [5.41, 5.74) is 5.30. The average molecular weight is 387 g/mol. The maximum absolute atomic E-state index is 12.1. The first-order chi connectivity index (χ1) is 10.3. The molecule has 1 aromatic rings. The third-order valence-corrected chi connectivity index (χ3v) is 3.29. The van der Waals surface area contributed by atoms with Crippen LogP contribution < -0.4 is 15.8 Å². The standard InChI is InChI=1S/C16H23BrN2O4/c1-15(2,3)19-14(21)22-10-8-7-9(11(17)12(10)18)13(20)23-16(4,5)6/h7-8H,18H2,1-6H3,(H,19,21). The van der Waals surface area contributed by atoms with E-state index in [1.54, 1.807) is 20.8 Å². The van der Waals surface area contributed by atoms with Crippen molar-refractivity contribution in [3.05, 3.63) is 22.2 Å². The van der Waals surface area contributed by atoms with Crippen LogP contribution in [0.5, 0.6) is 5.75 Å². The van der Waals surface area contributed by atoms with Gasteiger partial charge in [0.05, 0.1) is 15.7 Å². The van der Waals surface area contributed by atoms with Crippen molar-refractivity contribution in [1.29, 1.82) is 0 Å². The smallest absolute Gasteiger partial charge is 0.413 e. The fourth-order valence-electron chi connectivity index (χ4n) is 1.59. The van der Waals surface area contributed by atoms with E-state index in [0.717, 1.165) is 0 Å². The van der Waals surface area contributed by atoms with E-state index in [-0.39, 0.29) is 17.0 Å². The molecule has 3 N–H and O–H groups in total. The van der Waals surface area contributed by atoms with E-state index >= 15 is 0 Å². The van der Waals surface area contributed by atoms with Gasteiger partial charge in [-0.15, -0.1) is 0 Å². The monoisotopic (exact) mass is 386 g/mol. The summed E-state index contributed by atoms with van der Waals surface area (Å²) < 4.78 is 10.8. The molecular weight excluding hydrogens is 364 g/mol. The SMILES string of the molecule is CC(C)(C)NC(=O)Oc1ccc(C(=O)OC(C)(C)C)c(Br)c1N. The summed E-state index contributed by atoms with van der Waals surface area (Å²) in [6.07, 6.45) is -0.624. The summed E-state index contributed by atoms with van der Waals surface area (Å²) in [6.45, 7) is 10.8. The van der Waals surface area contributed by atoms with Gasteiger partial charge >= 0.3 is 12.1 Å². The van der Waals surface area contributed by atoms with Crippen LogP contribution >= 0.6 is 15.9 Å². The van der Waals surface area contributed by atoms with E-state index in [0.29, 0.717) is 4.47 Å². The molecule has 0 spiro atoms. The van der Waals surface area contributed by atoms with Crippen molar-refractivity contribution >= 4 is 33.7 Å². The Kier molecular flexibility index (Phi) is 5.69. The number of nitrogens with two attached hydrogens (primary N) is 1. The molecule has 0 atom stereocenters. The fourth-order valence-corrected chi connectivity index (χ4v) is 2.08. The third kappa shape index (κ3) is 6.09. The molecular formula is C16H23BrN2O4. The number of carbonyl (C=O) groups is 2. The highest BCUT2D eigenvalue weighted by molar-refractivity contribution is 9.10. The lowest BCUT2D eigenvalue weighted by Crippen LogP contribution is -2.42. The summed E-state index contributed by atoms with van der Waals surface area (Å²) in [6, 6.07) is 2.95. The molecule has 0 aliphatic heterocycles. The minimum Gasteiger partial charge on any atom is -0.456 e. The zero-order valence-corrected chi connectivity index (χ0v) is 15.8. The minimum absolute atomic E-state index is 0.150. The first-order valence-electron chi connectivity index (χ1n) is 7.11. The van der Waals surface area contributed by atoms with Gasteiger partial charge in [-0.25, -0.2) is 9.59 Å². The molecule has 7 heteroatoms. The van der Waals surface area contributed by atoms with E-state index in [1.807, 2.05) is 20.8 Å². The van der Waals surface area contributed by atoms with Crippen molar-refractivity contribution in [3.63, 3.8) is 0 Å². The summed E-state index contributed by atoms with van der Waals surface area (Å²) in [4.78, 5) is 23.9. The van der Waals surface area contributed by atoms with Gasteiger partial charge in [-0.2, -0.15) is 0 Å². The van der Waals surface area contributed by atoms with Gasteiger partial charge in [-0.05, 0) is 69.6 Å². The number of benzene rings is 1. The maximum atomic E-state index is 12.1. The molecule has 1 rings (SSSR count). The van der Waals surface area contributed by atoms with Crippen LogP contribution in [0.25, 0.3) is 0 Å². The van der Waals surface area contributed by atoms with E-state index < -0.39 is 23.2 Å². The van der Waals surface area contributed by atoms with Crippen LogP contribution in [-0.2, 0) is 4.74 Å². The number of anilines is 1. The summed E-state index contributed by atoms with van der Waals surface area (Å²) in [5.74, 6) is -0.354. The van der Waals surface area contributed by atoms with Crippen LogP contribution in [0, 0.1) is 0 Å². The molecule has 0 saturated heterocycles. The van der Waals surface area contributed by atoms with Crippen molar-refractivity contribution in [3.8, 4) is 5.75 Å². The molecule has 0 bridgehead atoms. The molecule has 23 heavy (non-hydrogen) atoms. The van der Waals surface area contributed by atoms with Crippen molar-refractivity contribution < 1.29 is 19.1 Å². The van der Waals surface area contributed by atoms with E-state index in [1.165, 1.54) is 12.1 Å². The minimum atomic E-state index is -0.624. The Balaban J connectivity index is 2.98. The van der Waals surface area contributed by atoms with Gasteiger partial charge in [0.2, 0.25) is 0 Å². The number of hydrogen-bond acceptors (Lipinski definition) is 5. The number of halogens is 1. The number of hydrogen-bond donors (Lipinski definition) is 2. The first-order valence-corrected chi connectivity index (χ1v) is 7.91. The summed E-state index contributed by atoms with van der Waals surface area (Å²) in [5, 5.41) is 2.66. The lowest BCUT2D eigenvalue weighted by Gasteiger charge is -2.21. The number of amides is 1. The van der Waals surface area contributed by atoms with Gasteiger partial charge in [0.15, 0.2) is 5.75 Å². The topological polar surface area (TPSA) is 90.6 Å². The van der Waals surface area contributed by atoms with Gasteiger partial charge in [-0.3, -0.25) is 0 Å². The van der Waals surface area contributed by atoms with Crippen molar-refractivity contribution in [2.24, 2.45) is 0 Å². The van der Waals surface area contributed by atoms with Gasteiger partial charge in [-0.1, -0.05) is 0 Å². The summed E-state index contributed by atoms with van der Waals surface area (Å²) in [7, 11) is 0. The Morgan fingerprint density at radius 3 is 2.17 bits per heavy atom. The van der Waals surface area contributed by atoms with Crippen LogP contribution in [0.1, 0.15) is 51.9 Å². The van der Waals surface area contributed by atoms with Gasteiger partial charge in [0, 0.05) is 5.54 Å². The highest BCUT2D eigenvalue weighted by atomic mass is 79.9. The Hall–Kier alpha value is -1.76. The zero-order valence-electron chi connectivity index (χ0n) is 14.2. The van der Waals surface area contributed by atoms with E-state index in [9.17, 15) is 9.59 Å². The lowest BCUT2D eigenvalue weighted by atomic mass is 10.1. The number of carbonyl (C=O) groups excluding carboxylic acids is 2. The normalized spacial score (nSPS) is 11.8. The second-order valence-electron chi connectivity index (χ2n) is 7.11. The van der Waals surface area contributed by atoms with Crippen LogP contribution in [0.15, 0.2) is 16.6 Å². The van der Waals surface area contributed by atoms with Crippen molar-refractivity contribution in [2.45, 2.75) is 52.7 Å². The van der Waals surface area contributed by atoms with Crippen LogP contribution in [0.3, 0.4) is 0 Å². The van der Waals surface area contributed by atoms with Crippen LogP contribution in [-0.4, -0.2) is 23.2 Å². The Morgan fingerprint density at radius 1 is 1.13 bits per heavy atom. The third-order valence-electron chi connectivity index (χ3n) is 2.44. The number of esters is 1. The molecule has 0 radical (unpaired) electrons. The predicted molar refractivity (Wildman–Crippen MR) is 92.6 cm³/mol. The van der Waals surface area contributed by atoms with Crippen LogP contribution in [0.2, 0.25) is 0 Å². The van der Waals surface area contributed by atoms with Crippen molar-refractivity contribution in [1.82, 2.24) is 5.32 Å². The molecule has 0 unspecified atom stereocenters. The molecule has 0 heterocycles. The molecule has 0 aliphatic carbocycles. The van der Waals surface area contributed by atoms with Crippen molar-refractivity contribution in [2.75, 3.05) is 5.73 Å². The van der Waals surface area contributed by atoms with Crippen LogP contribution in [0.4, 0.5) is 10.5 Å². The fraction of sp³-hybridized carbons (Fsp3) is 0.500. The molecule has 0 fully saturated rings. The number of rotatable bonds is 2. The molecule has 0 aliphatic rings. The highest BCUT2D eigenvalue weighted by Crippen LogP contribution is 2.34. The average Bonchev–Trinajstić information content (AvgIpc) is 2.30. The molecule has 0 aromatic heterocycles. The molecule has 0 saturated carbocycles. The number of ether oxygens (including phenoxy) is 2. The zero-order chi connectivity index (χ0) is 18.0. The molecule has 1 amide bonds. The van der Waals surface area contributed by atoms with E-state index in [2.05, 4.69) is 21.2 Å². The number of nitrogen functional groups attached to an aromatic ring is 1. The predicted octanol–water partition coefficient (Wildman–Crippen LogP) is 3.87. The number of nitrogens with one attached hydrogen (secondary N) is 1. The summed E-state index contributed by atoms with van der Waals surface area (Å²) >= 11 is 3.25. The van der Waals surface area contributed by atoms with Gasteiger partial charge in [0.1, 0.15) is 5.60 Å². The Bertz CT molecular complexity index is 616. The lowest BCUT2D eigenvalue weighted by molar-refractivity contribution is 0.00685. The Morgan fingerprint density at radius 2 is 1.70 bits per heavy atom. The molecule has 128 valence electrons. The van der Waals surface area contributed by atoms with Gasteiger partial charge in [0.25, 0.3) is 0 Å². The highest BCUT2D eigenvalue weighted by Gasteiger charge is 2.23. The largest absolute Gasteiger partial charge is 0.456 e. The first kappa shape index (κ1) is 19.3. The second-order valence-corrected chi connectivity index (χ2v) is 7.90. The van der Waals surface area contributed by atoms with Gasteiger partial charge < -0.3 is 20.5 Å². The quantitative estimate of drug-likeness (QED) is 0.594.